The van der Waals surface area contributed by atoms with Crippen LogP contribution >= 0.6 is 0 Å². The maximum Gasteiger partial charge on any atom is 0.148 e. The van der Waals surface area contributed by atoms with Crippen molar-refractivity contribution in [2.45, 2.75) is 13.3 Å². The van der Waals surface area contributed by atoms with E-state index in [0.29, 0.717) is 18.3 Å². The Hall–Kier alpha value is -1.69. The number of carbonyl (C=O) groups excluding carboxylic acids is 1. The summed E-state index contributed by atoms with van der Waals surface area (Å²) >= 11 is 0. The van der Waals surface area contributed by atoms with Crippen molar-refractivity contribution in [3.8, 4) is 0 Å². The fourth-order valence-corrected chi connectivity index (χ4v) is 2.21. The third kappa shape index (κ3) is 4.48. The van der Waals surface area contributed by atoms with Crippen molar-refractivity contribution >= 4 is 17.4 Å². The summed E-state index contributed by atoms with van der Waals surface area (Å²) in [7, 11) is 2.15. The van der Waals surface area contributed by atoms with Crippen molar-refractivity contribution < 1.29 is 4.79 Å². The first-order valence-corrected chi connectivity index (χ1v) is 6.61. The summed E-state index contributed by atoms with van der Waals surface area (Å²) in [5, 5.41) is 6.30. The molecule has 1 aliphatic heterocycles. The molecule has 0 amide bonds. The van der Waals surface area contributed by atoms with E-state index in [4.69, 9.17) is 0 Å². The van der Waals surface area contributed by atoms with Gasteiger partial charge in [-0.1, -0.05) is 0 Å². The van der Waals surface area contributed by atoms with Gasteiger partial charge in [-0.2, -0.15) is 0 Å². The summed E-state index contributed by atoms with van der Waals surface area (Å²) in [6, 6.07) is 1.83. The van der Waals surface area contributed by atoms with Crippen molar-refractivity contribution in [3.63, 3.8) is 0 Å². The average Bonchev–Trinajstić information content (AvgIpc) is 2.80. The topological polar surface area (TPSA) is 70.2 Å². The molecule has 19 heavy (non-hydrogen) atoms. The van der Waals surface area contributed by atoms with Gasteiger partial charge in [-0.3, -0.25) is 4.79 Å². The monoisotopic (exact) mass is 263 g/mol. The number of rotatable bonds is 6. The molecule has 104 valence electrons. The van der Waals surface area contributed by atoms with E-state index in [2.05, 4.69) is 32.5 Å². The van der Waals surface area contributed by atoms with Gasteiger partial charge in [0.2, 0.25) is 0 Å². The molecule has 0 saturated carbocycles. The largest absolute Gasteiger partial charge is 0.370 e. The Balaban J connectivity index is 1.83. The van der Waals surface area contributed by atoms with Gasteiger partial charge < -0.3 is 15.5 Å². The minimum absolute atomic E-state index is 0.0853. The first-order valence-electron chi connectivity index (χ1n) is 6.61. The molecule has 2 rings (SSSR count). The average molecular weight is 263 g/mol. The number of aromatic nitrogens is 2. The first-order chi connectivity index (χ1) is 9.13. The Labute approximate surface area is 113 Å². The van der Waals surface area contributed by atoms with Crippen LogP contribution in [-0.4, -0.2) is 53.9 Å². The third-order valence-corrected chi connectivity index (χ3v) is 3.25. The molecule has 1 unspecified atom stereocenters. The minimum Gasteiger partial charge on any atom is -0.370 e. The van der Waals surface area contributed by atoms with Crippen LogP contribution in [0.1, 0.15) is 13.3 Å². The van der Waals surface area contributed by atoms with Crippen LogP contribution in [0.3, 0.4) is 0 Å². The van der Waals surface area contributed by atoms with E-state index in [9.17, 15) is 4.79 Å². The molecule has 0 aromatic carbocycles. The van der Waals surface area contributed by atoms with Gasteiger partial charge >= 0.3 is 0 Å². The maximum absolute atomic E-state index is 10.9. The third-order valence-electron chi connectivity index (χ3n) is 3.25. The van der Waals surface area contributed by atoms with Gasteiger partial charge in [0.1, 0.15) is 23.7 Å². The van der Waals surface area contributed by atoms with E-state index >= 15 is 0 Å². The molecular weight excluding hydrogens is 242 g/mol. The van der Waals surface area contributed by atoms with Crippen LogP contribution in [0.25, 0.3) is 0 Å². The van der Waals surface area contributed by atoms with E-state index in [1.165, 1.54) is 19.3 Å². The smallest absolute Gasteiger partial charge is 0.148 e. The number of ketones is 1. The highest BCUT2D eigenvalue weighted by Crippen LogP contribution is 2.15. The lowest BCUT2D eigenvalue weighted by molar-refractivity contribution is -0.115. The molecule has 2 N–H and O–H groups in total. The van der Waals surface area contributed by atoms with Gasteiger partial charge in [-0.05, 0) is 32.9 Å². The molecule has 0 aliphatic carbocycles. The highest BCUT2D eigenvalue weighted by atomic mass is 16.1. The molecule has 6 nitrogen and oxygen atoms in total. The molecule has 0 spiro atoms. The zero-order chi connectivity index (χ0) is 13.7. The Kier molecular flexibility index (Phi) is 4.68. The zero-order valence-corrected chi connectivity index (χ0v) is 11.5. The van der Waals surface area contributed by atoms with E-state index in [1.807, 2.05) is 6.07 Å². The van der Waals surface area contributed by atoms with Crippen LogP contribution in [0.5, 0.6) is 0 Å². The fraction of sp³-hybridized carbons (Fsp3) is 0.615. The van der Waals surface area contributed by atoms with Gasteiger partial charge in [0.05, 0.1) is 6.54 Å². The molecule has 1 aliphatic rings. The first kappa shape index (κ1) is 13.7. The highest BCUT2D eigenvalue weighted by Gasteiger charge is 2.18. The highest BCUT2D eigenvalue weighted by molar-refractivity contribution is 5.80. The SMILES string of the molecule is CC(=O)CNc1cc(NCC2CCN(C)C2)ncn1. The molecule has 1 aromatic rings. The van der Waals surface area contributed by atoms with Crippen LogP contribution < -0.4 is 10.6 Å². The van der Waals surface area contributed by atoms with Crippen LogP contribution in [0.15, 0.2) is 12.4 Å². The van der Waals surface area contributed by atoms with E-state index < -0.39 is 0 Å². The Morgan fingerprint density at radius 1 is 1.42 bits per heavy atom. The normalized spacial score (nSPS) is 19.4. The predicted octanol–water partition coefficient (Wildman–Crippen LogP) is 0.841. The summed E-state index contributed by atoms with van der Waals surface area (Å²) in [5.41, 5.74) is 0. The molecule has 0 radical (unpaired) electrons. The second kappa shape index (κ2) is 6.47. The second-order valence-electron chi connectivity index (χ2n) is 5.14. The lowest BCUT2D eigenvalue weighted by Gasteiger charge is -2.12. The summed E-state index contributed by atoms with van der Waals surface area (Å²) in [6.45, 7) is 5.07. The van der Waals surface area contributed by atoms with Crippen molar-refractivity contribution in [1.82, 2.24) is 14.9 Å². The molecule has 1 aromatic heterocycles. The number of nitrogens with zero attached hydrogens (tertiary/aromatic N) is 3. The van der Waals surface area contributed by atoms with Crippen LogP contribution in [-0.2, 0) is 4.79 Å². The van der Waals surface area contributed by atoms with Gasteiger partial charge in [0, 0.05) is 19.2 Å². The van der Waals surface area contributed by atoms with E-state index in [-0.39, 0.29) is 5.78 Å². The number of hydrogen-bond donors (Lipinski definition) is 2. The molecule has 1 saturated heterocycles. The van der Waals surface area contributed by atoms with Gasteiger partial charge in [-0.25, -0.2) is 9.97 Å². The number of carbonyl (C=O) groups is 1. The second-order valence-corrected chi connectivity index (χ2v) is 5.14. The van der Waals surface area contributed by atoms with Crippen molar-refractivity contribution in [3.05, 3.63) is 12.4 Å². The summed E-state index contributed by atoms with van der Waals surface area (Å²) in [6.07, 6.45) is 2.73. The number of anilines is 2. The minimum atomic E-state index is 0.0853. The predicted molar refractivity (Wildman–Crippen MR) is 75.3 cm³/mol. The summed E-state index contributed by atoms with van der Waals surface area (Å²) < 4.78 is 0. The fourth-order valence-electron chi connectivity index (χ4n) is 2.21. The molecule has 1 atom stereocenters. The Morgan fingerprint density at radius 2 is 2.16 bits per heavy atom. The lowest BCUT2D eigenvalue weighted by atomic mass is 10.1. The Bertz CT molecular complexity index is 437. The standard InChI is InChI=1S/C13H21N5O/c1-10(19)6-14-12-5-13(17-9-16-12)15-7-11-3-4-18(2)8-11/h5,9,11H,3-4,6-8H2,1-2H3,(H2,14,15,16,17). The number of nitrogens with one attached hydrogen (secondary N) is 2. The van der Waals surface area contributed by atoms with E-state index in [0.717, 1.165) is 18.9 Å². The molecular formula is C13H21N5O. The van der Waals surface area contributed by atoms with Crippen LogP contribution in [0, 0.1) is 5.92 Å². The summed E-state index contributed by atoms with van der Waals surface area (Å²) in [5.74, 6) is 2.24. The quantitative estimate of drug-likeness (QED) is 0.792. The lowest BCUT2D eigenvalue weighted by Crippen LogP contribution is -2.19. The number of hydrogen-bond acceptors (Lipinski definition) is 6. The van der Waals surface area contributed by atoms with Gasteiger partial charge in [0.15, 0.2) is 0 Å². The molecule has 6 heteroatoms. The van der Waals surface area contributed by atoms with Gasteiger partial charge in [0.25, 0.3) is 0 Å². The van der Waals surface area contributed by atoms with E-state index in [1.54, 1.807) is 6.92 Å². The van der Waals surface area contributed by atoms with Crippen LogP contribution in [0.2, 0.25) is 0 Å². The van der Waals surface area contributed by atoms with Crippen molar-refractivity contribution in [2.24, 2.45) is 5.92 Å². The van der Waals surface area contributed by atoms with Gasteiger partial charge in [-0.15, -0.1) is 0 Å². The van der Waals surface area contributed by atoms with Crippen LogP contribution in [0.4, 0.5) is 11.6 Å². The molecule has 1 fully saturated rings. The molecule has 0 bridgehead atoms. The van der Waals surface area contributed by atoms with Crippen molar-refractivity contribution in [1.29, 1.82) is 0 Å². The maximum atomic E-state index is 10.9. The summed E-state index contributed by atoms with van der Waals surface area (Å²) in [4.78, 5) is 21.5. The molecule has 2 heterocycles. The number of likely N-dealkylation sites (tertiary alicyclic amines) is 1. The number of Topliss-reactive ketones (excluding diaryl/α,β-unsaturated/α-hetero) is 1. The van der Waals surface area contributed by atoms with Crippen molar-refractivity contribution in [2.75, 3.05) is 43.9 Å². The zero-order valence-electron chi connectivity index (χ0n) is 11.5. The Morgan fingerprint density at radius 3 is 2.79 bits per heavy atom.